The largest absolute Gasteiger partial charge is 0.392 e. The van der Waals surface area contributed by atoms with Crippen molar-refractivity contribution in [3.63, 3.8) is 0 Å². The van der Waals surface area contributed by atoms with Crippen LogP contribution in [0.3, 0.4) is 0 Å². The maximum Gasteiger partial charge on any atom is 0.348 e. The molecule has 0 spiro atoms. The van der Waals surface area contributed by atoms with Crippen molar-refractivity contribution in [2.45, 2.75) is 13.2 Å². The molecule has 11 heteroatoms. The van der Waals surface area contributed by atoms with Crippen molar-refractivity contribution in [1.82, 2.24) is 34.5 Å². The second-order valence-corrected chi connectivity index (χ2v) is 6.90. The molecule has 4 heterocycles. The van der Waals surface area contributed by atoms with Crippen LogP contribution in [0.5, 0.6) is 0 Å². The van der Waals surface area contributed by atoms with Gasteiger partial charge in [-0.3, -0.25) is 4.57 Å². The van der Waals surface area contributed by atoms with Gasteiger partial charge in [-0.1, -0.05) is 12.1 Å². The second-order valence-electron chi connectivity index (χ2n) is 6.90. The number of hydrogen-bond acceptors (Lipinski definition) is 7. The van der Waals surface area contributed by atoms with Crippen molar-refractivity contribution in [3.05, 3.63) is 66.5 Å². The van der Waals surface area contributed by atoms with Gasteiger partial charge in [-0.15, -0.1) is 9.90 Å². The summed E-state index contributed by atoms with van der Waals surface area (Å²) in [5.74, 6) is 0.819. The van der Waals surface area contributed by atoms with Crippen LogP contribution in [0.1, 0.15) is 12.1 Å². The van der Waals surface area contributed by atoms with E-state index in [1.807, 2.05) is 12.1 Å². The summed E-state index contributed by atoms with van der Waals surface area (Å²) in [5.41, 5.74) is 9.81. The van der Waals surface area contributed by atoms with Crippen molar-refractivity contribution in [3.8, 4) is 28.5 Å². The van der Waals surface area contributed by atoms with Gasteiger partial charge >= 0.3 is 6.55 Å². The van der Waals surface area contributed by atoms with Gasteiger partial charge < -0.3 is 10.8 Å². The molecular weight excluding hydrogens is 418 g/mol. The first kappa shape index (κ1) is 19.7. The van der Waals surface area contributed by atoms with E-state index in [9.17, 15) is 13.9 Å². The van der Waals surface area contributed by atoms with E-state index >= 15 is 0 Å². The maximum absolute atomic E-state index is 12.9. The number of aromatic nitrogens is 7. The maximum atomic E-state index is 12.9. The predicted molar refractivity (Wildman–Crippen MR) is 113 cm³/mol. The minimum atomic E-state index is -2.84. The van der Waals surface area contributed by atoms with Crippen LogP contribution in [0.15, 0.2) is 60.9 Å². The molecule has 0 aliphatic carbocycles. The lowest BCUT2D eigenvalue weighted by molar-refractivity contribution is 0.0415. The normalized spacial score (nSPS) is 11.5. The molecule has 0 amide bonds. The number of hydrogen-bond donors (Lipinski definition) is 2. The number of pyridine rings is 2. The van der Waals surface area contributed by atoms with Gasteiger partial charge in [0.2, 0.25) is 0 Å². The minimum Gasteiger partial charge on any atom is -0.392 e. The number of nitrogen functional groups attached to an aromatic ring is 1. The molecule has 0 atom stereocenters. The summed E-state index contributed by atoms with van der Waals surface area (Å²) in [6.07, 6.45) is 2.82. The lowest BCUT2D eigenvalue weighted by atomic mass is 10.2. The monoisotopic (exact) mass is 434 g/mol. The van der Waals surface area contributed by atoms with Crippen molar-refractivity contribution >= 4 is 17.0 Å². The molecule has 0 unspecified atom stereocenters. The van der Waals surface area contributed by atoms with E-state index in [2.05, 4.69) is 20.2 Å². The number of nitrogens with two attached hydrogens (primary N) is 1. The highest BCUT2D eigenvalue weighted by Crippen LogP contribution is 2.31. The molecule has 0 saturated carbocycles. The first-order valence-corrected chi connectivity index (χ1v) is 9.56. The summed E-state index contributed by atoms with van der Waals surface area (Å²) in [5, 5.41) is 16.8. The van der Waals surface area contributed by atoms with E-state index < -0.39 is 6.55 Å². The Bertz CT molecular complexity index is 1410. The van der Waals surface area contributed by atoms with Crippen LogP contribution < -0.4 is 5.73 Å². The molecule has 1 aromatic carbocycles. The highest BCUT2D eigenvalue weighted by Gasteiger charge is 2.19. The summed E-state index contributed by atoms with van der Waals surface area (Å²) < 4.78 is 27.6. The first-order chi connectivity index (χ1) is 15.5. The van der Waals surface area contributed by atoms with Crippen molar-refractivity contribution in [1.29, 1.82) is 0 Å². The van der Waals surface area contributed by atoms with Gasteiger partial charge in [0.1, 0.15) is 17.0 Å². The Morgan fingerprint density at radius 1 is 1.00 bits per heavy atom. The molecule has 32 heavy (non-hydrogen) atoms. The molecule has 0 aliphatic heterocycles. The number of alkyl halides is 2. The molecule has 0 saturated heterocycles. The van der Waals surface area contributed by atoms with Crippen LogP contribution in [0, 0.1) is 0 Å². The average molecular weight is 434 g/mol. The molecule has 3 N–H and O–H groups in total. The zero-order valence-electron chi connectivity index (χ0n) is 16.5. The Kier molecular flexibility index (Phi) is 4.79. The quantitative estimate of drug-likeness (QED) is 0.436. The molecule has 160 valence electrons. The Hall–Kier alpha value is -4.25. The van der Waals surface area contributed by atoms with Crippen molar-refractivity contribution in [2.75, 3.05) is 5.73 Å². The lowest BCUT2D eigenvalue weighted by Crippen LogP contribution is -2.03. The predicted octanol–water partition coefficient (Wildman–Crippen LogP) is 3.21. The Morgan fingerprint density at radius 3 is 2.50 bits per heavy atom. The molecule has 9 nitrogen and oxygen atoms in total. The van der Waals surface area contributed by atoms with Crippen molar-refractivity contribution < 1.29 is 13.9 Å². The van der Waals surface area contributed by atoms with E-state index in [1.165, 1.54) is 6.20 Å². The number of rotatable bonds is 5. The fourth-order valence-corrected chi connectivity index (χ4v) is 3.37. The average Bonchev–Trinajstić information content (AvgIpc) is 3.44. The van der Waals surface area contributed by atoms with Crippen LogP contribution in [0.25, 0.3) is 39.6 Å². The fourth-order valence-electron chi connectivity index (χ4n) is 3.37. The summed E-state index contributed by atoms with van der Waals surface area (Å²) in [6.45, 7) is -2.93. The van der Waals surface area contributed by atoms with E-state index in [0.29, 0.717) is 38.9 Å². The number of fused-ring (bicyclic) bond motifs is 1. The molecule has 0 fully saturated rings. The van der Waals surface area contributed by atoms with Crippen LogP contribution >= 0.6 is 0 Å². The summed E-state index contributed by atoms with van der Waals surface area (Å²) in [7, 11) is 0. The molecule has 0 radical (unpaired) electrons. The number of aliphatic hydroxyl groups excluding tert-OH is 1. The number of imidazole rings is 1. The Labute approximate surface area is 179 Å². The zero-order chi connectivity index (χ0) is 22.2. The van der Waals surface area contributed by atoms with Gasteiger partial charge in [-0.2, -0.15) is 13.9 Å². The van der Waals surface area contributed by atoms with Crippen LogP contribution in [0.2, 0.25) is 0 Å². The summed E-state index contributed by atoms with van der Waals surface area (Å²) >= 11 is 0. The van der Waals surface area contributed by atoms with Gasteiger partial charge in [-0.05, 0) is 42.0 Å². The molecule has 5 aromatic rings. The Balaban J connectivity index is 1.74. The molecular formula is C21H16F2N8O. The van der Waals surface area contributed by atoms with Gasteiger partial charge in [0.25, 0.3) is 0 Å². The Morgan fingerprint density at radius 2 is 1.81 bits per heavy atom. The summed E-state index contributed by atoms with van der Waals surface area (Å²) in [6, 6.07) is 14.2. The van der Waals surface area contributed by atoms with E-state index in [-0.39, 0.29) is 12.3 Å². The highest BCUT2D eigenvalue weighted by atomic mass is 19.3. The third-order valence-electron chi connectivity index (χ3n) is 4.91. The van der Waals surface area contributed by atoms with Gasteiger partial charge in [0, 0.05) is 11.9 Å². The minimum absolute atomic E-state index is 0.0877. The third kappa shape index (κ3) is 3.34. The number of nitrogens with zero attached hydrogens (tertiary/aromatic N) is 7. The molecule has 5 rings (SSSR count). The SMILES string of the molecule is Nc1ncccc1-c1nc2ccc(-c3cnn(C(F)F)n3)nc2n1-c1ccc(CO)cc1. The summed E-state index contributed by atoms with van der Waals surface area (Å²) in [4.78, 5) is 13.8. The van der Waals surface area contributed by atoms with Crippen LogP contribution in [0.4, 0.5) is 14.6 Å². The lowest BCUT2D eigenvalue weighted by Gasteiger charge is -2.11. The second kappa shape index (κ2) is 7.78. The highest BCUT2D eigenvalue weighted by molar-refractivity contribution is 5.84. The van der Waals surface area contributed by atoms with Crippen LogP contribution in [-0.2, 0) is 6.61 Å². The van der Waals surface area contributed by atoms with E-state index in [4.69, 9.17) is 10.7 Å². The molecule has 4 aromatic heterocycles. The van der Waals surface area contributed by atoms with Gasteiger partial charge in [0.05, 0.1) is 24.1 Å². The standard InChI is InChI=1S/C21H16F2N8O/c22-21(23)31-26-10-17(29-31)15-7-8-16-20(27-15)30(13-5-3-12(11-32)4-6-13)19(28-16)14-2-1-9-25-18(14)24/h1-10,21,32H,11H2,(H2,24,25). The number of halogens is 2. The number of benzene rings is 1. The first-order valence-electron chi connectivity index (χ1n) is 9.56. The van der Waals surface area contributed by atoms with E-state index in [0.717, 1.165) is 11.3 Å². The van der Waals surface area contributed by atoms with E-state index in [1.54, 1.807) is 47.2 Å². The molecule has 0 aliphatic rings. The number of anilines is 1. The smallest absolute Gasteiger partial charge is 0.348 e. The van der Waals surface area contributed by atoms with Gasteiger partial charge in [0.15, 0.2) is 11.5 Å². The van der Waals surface area contributed by atoms with Crippen LogP contribution in [-0.4, -0.2) is 39.6 Å². The zero-order valence-corrected chi connectivity index (χ0v) is 16.5. The number of aliphatic hydroxyl groups is 1. The molecule has 0 bridgehead atoms. The van der Waals surface area contributed by atoms with Gasteiger partial charge in [-0.25, -0.2) is 15.0 Å². The third-order valence-corrected chi connectivity index (χ3v) is 4.91. The van der Waals surface area contributed by atoms with Crippen molar-refractivity contribution in [2.24, 2.45) is 0 Å². The fraction of sp³-hybridized carbons (Fsp3) is 0.0952. The topological polar surface area (TPSA) is 121 Å².